The van der Waals surface area contributed by atoms with Gasteiger partial charge in [-0.2, -0.15) is 0 Å². The van der Waals surface area contributed by atoms with Crippen LogP contribution in [0.3, 0.4) is 0 Å². The number of rotatable bonds is 5. The summed E-state index contributed by atoms with van der Waals surface area (Å²) >= 11 is 0. The van der Waals surface area contributed by atoms with Crippen molar-refractivity contribution in [3.63, 3.8) is 0 Å². The number of hydrogen-bond acceptors (Lipinski definition) is 5. The fourth-order valence-electron chi connectivity index (χ4n) is 1.40. The molecule has 1 aromatic carbocycles. The van der Waals surface area contributed by atoms with Crippen LogP contribution in [0.15, 0.2) is 18.2 Å². The number of phenolic OH excluding ortho intramolecular Hbond substituents is 1. The summed E-state index contributed by atoms with van der Waals surface area (Å²) in [5, 5.41) is 28.5. The third kappa shape index (κ3) is 2.91. The predicted molar refractivity (Wildman–Crippen MR) is 58.0 cm³/mol. The number of benzene rings is 1. The molecule has 0 saturated heterocycles. The first-order valence-corrected chi connectivity index (χ1v) is 4.90. The first-order chi connectivity index (χ1) is 7.56. The fourth-order valence-corrected chi connectivity index (χ4v) is 1.40. The van der Waals surface area contributed by atoms with E-state index < -0.39 is 4.92 Å². The zero-order valence-electron chi connectivity index (χ0n) is 8.67. The maximum absolute atomic E-state index is 10.6. The SMILES string of the molecule is N[C@@H](CCCO)c1ccc(O)c([N+](=O)[O-])c1. The summed E-state index contributed by atoms with van der Waals surface area (Å²) in [7, 11) is 0. The molecule has 88 valence electrons. The zero-order chi connectivity index (χ0) is 12.1. The minimum absolute atomic E-state index is 0.0356. The Morgan fingerprint density at radius 1 is 1.50 bits per heavy atom. The Morgan fingerprint density at radius 2 is 2.19 bits per heavy atom. The maximum atomic E-state index is 10.6. The Hall–Kier alpha value is -1.66. The van der Waals surface area contributed by atoms with Crippen LogP contribution in [-0.4, -0.2) is 21.7 Å². The Kier molecular flexibility index (Phi) is 4.21. The fraction of sp³-hybridized carbons (Fsp3) is 0.400. The van der Waals surface area contributed by atoms with Gasteiger partial charge in [-0.05, 0) is 24.5 Å². The van der Waals surface area contributed by atoms with Crippen LogP contribution in [-0.2, 0) is 0 Å². The Balaban J connectivity index is 2.89. The lowest BCUT2D eigenvalue weighted by Gasteiger charge is -2.11. The molecule has 0 fully saturated rings. The molecule has 4 N–H and O–H groups in total. The number of aliphatic hydroxyl groups excluding tert-OH is 1. The highest BCUT2D eigenvalue weighted by Crippen LogP contribution is 2.29. The minimum atomic E-state index is -0.655. The Morgan fingerprint density at radius 3 is 2.75 bits per heavy atom. The smallest absolute Gasteiger partial charge is 0.311 e. The van der Waals surface area contributed by atoms with Crippen LogP contribution in [0.2, 0.25) is 0 Å². The van der Waals surface area contributed by atoms with Crippen molar-refractivity contribution in [1.82, 2.24) is 0 Å². The molecule has 0 heterocycles. The number of phenols is 1. The van der Waals surface area contributed by atoms with E-state index >= 15 is 0 Å². The van der Waals surface area contributed by atoms with Crippen LogP contribution in [0.25, 0.3) is 0 Å². The van der Waals surface area contributed by atoms with Gasteiger partial charge >= 0.3 is 5.69 Å². The van der Waals surface area contributed by atoms with Crippen LogP contribution in [0.1, 0.15) is 24.4 Å². The van der Waals surface area contributed by atoms with E-state index in [-0.39, 0.29) is 24.1 Å². The quantitative estimate of drug-likeness (QED) is 0.514. The first-order valence-electron chi connectivity index (χ1n) is 4.90. The monoisotopic (exact) mass is 226 g/mol. The van der Waals surface area contributed by atoms with Gasteiger partial charge in [-0.1, -0.05) is 6.07 Å². The van der Waals surface area contributed by atoms with Crippen molar-refractivity contribution in [3.8, 4) is 5.75 Å². The lowest BCUT2D eigenvalue weighted by atomic mass is 10.0. The number of aromatic hydroxyl groups is 1. The van der Waals surface area contributed by atoms with Crippen molar-refractivity contribution in [2.45, 2.75) is 18.9 Å². The molecule has 0 radical (unpaired) electrons. The summed E-state index contributed by atoms with van der Waals surface area (Å²) in [6.07, 6.45) is 1.08. The summed E-state index contributed by atoms with van der Waals surface area (Å²) < 4.78 is 0. The van der Waals surface area contributed by atoms with E-state index in [9.17, 15) is 15.2 Å². The van der Waals surface area contributed by atoms with Gasteiger partial charge in [0.25, 0.3) is 0 Å². The van der Waals surface area contributed by atoms with E-state index in [1.54, 1.807) is 6.07 Å². The molecule has 16 heavy (non-hydrogen) atoms. The average Bonchev–Trinajstić information content (AvgIpc) is 2.26. The van der Waals surface area contributed by atoms with Gasteiger partial charge in [0, 0.05) is 18.7 Å². The molecule has 1 aromatic rings. The molecule has 0 aliphatic heterocycles. The van der Waals surface area contributed by atoms with E-state index in [4.69, 9.17) is 10.8 Å². The van der Waals surface area contributed by atoms with Crippen LogP contribution < -0.4 is 5.73 Å². The first kappa shape index (κ1) is 12.4. The topological polar surface area (TPSA) is 110 Å². The van der Waals surface area contributed by atoms with Gasteiger partial charge in [0.15, 0.2) is 5.75 Å². The van der Waals surface area contributed by atoms with Crippen LogP contribution >= 0.6 is 0 Å². The second-order valence-corrected chi connectivity index (χ2v) is 3.48. The normalized spacial score (nSPS) is 12.4. The van der Waals surface area contributed by atoms with E-state index in [0.29, 0.717) is 18.4 Å². The van der Waals surface area contributed by atoms with Gasteiger partial charge in [-0.25, -0.2) is 0 Å². The average molecular weight is 226 g/mol. The lowest BCUT2D eigenvalue weighted by Crippen LogP contribution is -2.11. The number of nitrogens with zero attached hydrogens (tertiary/aromatic N) is 1. The van der Waals surface area contributed by atoms with Crippen LogP contribution in [0, 0.1) is 10.1 Å². The largest absolute Gasteiger partial charge is 0.502 e. The molecule has 0 amide bonds. The molecule has 6 heteroatoms. The van der Waals surface area contributed by atoms with Gasteiger partial charge in [-0.3, -0.25) is 10.1 Å². The molecule has 6 nitrogen and oxygen atoms in total. The highest BCUT2D eigenvalue weighted by atomic mass is 16.6. The molecule has 0 saturated carbocycles. The minimum Gasteiger partial charge on any atom is -0.502 e. The van der Waals surface area contributed by atoms with Crippen LogP contribution in [0.4, 0.5) is 5.69 Å². The van der Waals surface area contributed by atoms with Crippen molar-refractivity contribution >= 4 is 5.69 Å². The number of nitro groups is 1. The second kappa shape index (κ2) is 5.43. The van der Waals surface area contributed by atoms with Gasteiger partial charge in [0.1, 0.15) is 0 Å². The summed E-state index contributed by atoms with van der Waals surface area (Å²) in [5.74, 6) is -0.372. The zero-order valence-corrected chi connectivity index (χ0v) is 8.67. The predicted octanol–water partition coefficient (Wildman–Crippen LogP) is 1.07. The molecule has 0 spiro atoms. The summed E-state index contributed by atoms with van der Waals surface area (Å²) in [5.41, 5.74) is 6.02. The lowest BCUT2D eigenvalue weighted by molar-refractivity contribution is -0.385. The maximum Gasteiger partial charge on any atom is 0.311 e. The summed E-state index contributed by atoms with van der Waals surface area (Å²) in [6.45, 7) is 0.0356. The van der Waals surface area contributed by atoms with Crippen molar-refractivity contribution in [1.29, 1.82) is 0 Å². The Labute approximate surface area is 92.5 Å². The molecule has 0 unspecified atom stereocenters. The van der Waals surface area contributed by atoms with Crippen molar-refractivity contribution in [3.05, 3.63) is 33.9 Å². The molecular weight excluding hydrogens is 212 g/mol. The number of hydrogen-bond donors (Lipinski definition) is 3. The van der Waals surface area contributed by atoms with Crippen molar-refractivity contribution in [2.75, 3.05) is 6.61 Å². The number of nitrogens with two attached hydrogens (primary N) is 1. The number of nitro benzene ring substituents is 1. The van der Waals surface area contributed by atoms with E-state index in [0.717, 1.165) is 0 Å². The standard InChI is InChI=1S/C10H14N2O4/c11-8(2-1-5-13)7-3-4-10(14)9(6-7)12(15)16/h3-4,6,8,13-14H,1-2,5,11H2/t8-/m0/s1. The Bertz CT molecular complexity index is 381. The van der Waals surface area contributed by atoms with Gasteiger partial charge in [-0.15, -0.1) is 0 Å². The molecule has 0 aromatic heterocycles. The molecule has 0 bridgehead atoms. The van der Waals surface area contributed by atoms with Gasteiger partial charge < -0.3 is 15.9 Å². The highest BCUT2D eigenvalue weighted by molar-refractivity contribution is 5.48. The van der Waals surface area contributed by atoms with Crippen molar-refractivity contribution < 1.29 is 15.1 Å². The molecular formula is C10H14N2O4. The van der Waals surface area contributed by atoms with Crippen molar-refractivity contribution in [2.24, 2.45) is 5.73 Å². The van der Waals surface area contributed by atoms with E-state index in [1.165, 1.54) is 12.1 Å². The second-order valence-electron chi connectivity index (χ2n) is 3.48. The molecule has 1 rings (SSSR count). The molecule has 0 aliphatic carbocycles. The van der Waals surface area contributed by atoms with Gasteiger partial charge in [0.2, 0.25) is 0 Å². The molecule has 1 atom stereocenters. The summed E-state index contributed by atoms with van der Waals surface area (Å²) in [6, 6.07) is 3.69. The van der Waals surface area contributed by atoms with Gasteiger partial charge in [0.05, 0.1) is 4.92 Å². The summed E-state index contributed by atoms with van der Waals surface area (Å²) in [4.78, 5) is 9.92. The third-order valence-corrected chi connectivity index (χ3v) is 2.30. The molecule has 0 aliphatic rings. The van der Waals surface area contributed by atoms with E-state index in [1.807, 2.05) is 0 Å². The van der Waals surface area contributed by atoms with E-state index in [2.05, 4.69) is 0 Å². The highest BCUT2D eigenvalue weighted by Gasteiger charge is 2.16. The third-order valence-electron chi connectivity index (χ3n) is 2.30. The van der Waals surface area contributed by atoms with Crippen LogP contribution in [0.5, 0.6) is 5.75 Å². The number of aliphatic hydroxyl groups is 1.